The van der Waals surface area contributed by atoms with Gasteiger partial charge in [0.2, 0.25) is 0 Å². The van der Waals surface area contributed by atoms with Gasteiger partial charge >= 0.3 is 0 Å². The molecule has 2 rings (SSSR count). The van der Waals surface area contributed by atoms with Gasteiger partial charge in [-0.05, 0) is 19.1 Å². The van der Waals surface area contributed by atoms with E-state index < -0.39 is 5.82 Å². The van der Waals surface area contributed by atoms with Gasteiger partial charge in [-0.1, -0.05) is 19.9 Å². The van der Waals surface area contributed by atoms with Gasteiger partial charge in [-0.15, -0.1) is 0 Å². The fourth-order valence-corrected chi connectivity index (χ4v) is 2.15. The summed E-state index contributed by atoms with van der Waals surface area (Å²) in [5.41, 5.74) is 1.83. The Morgan fingerprint density at radius 2 is 1.95 bits per heavy atom. The Labute approximate surface area is 124 Å². The molecule has 0 saturated carbocycles. The molecule has 0 radical (unpaired) electrons. The lowest BCUT2D eigenvalue weighted by Crippen LogP contribution is -2.07. The van der Waals surface area contributed by atoms with Crippen molar-refractivity contribution in [1.29, 1.82) is 0 Å². The summed E-state index contributed by atoms with van der Waals surface area (Å²) in [6, 6.07) is 5.06. The summed E-state index contributed by atoms with van der Waals surface area (Å²) in [4.78, 5) is 9.01. The Hall–Kier alpha value is -2.17. The molecule has 0 atom stereocenters. The maximum atomic E-state index is 14.5. The first kappa shape index (κ1) is 15.2. The van der Waals surface area contributed by atoms with Gasteiger partial charge in [0.15, 0.2) is 11.6 Å². The third-order valence-corrected chi connectivity index (χ3v) is 3.35. The van der Waals surface area contributed by atoms with Crippen LogP contribution in [0.2, 0.25) is 0 Å². The van der Waals surface area contributed by atoms with Gasteiger partial charge in [0, 0.05) is 24.1 Å². The van der Waals surface area contributed by atoms with Crippen molar-refractivity contribution in [3.05, 3.63) is 35.4 Å². The van der Waals surface area contributed by atoms with Crippen molar-refractivity contribution in [1.82, 2.24) is 9.97 Å². The first-order chi connectivity index (χ1) is 9.99. The predicted octanol–water partition coefficient (Wildman–Crippen LogP) is 3.76. The fraction of sp³-hybridized carbons (Fsp3) is 0.375. The summed E-state index contributed by atoms with van der Waals surface area (Å²) >= 11 is 0. The summed E-state index contributed by atoms with van der Waals surface area (Å²) in [5.74, 6) is 1.36. The van der Waals surface area contributed by atoms with Crippen LogP contribution < -0.4 is 10.1 Å². The molecule has 2 aromatic rings. The van der Waals surface area contributed by atoms with E-state index in [0.29, 0.717) is 22.9 Å². The van der Waals surface area contributed by atoms with Gasteiger partial charge in [-0.3, -0.25) is 0 Å². The Balaban J connectivity index is 2.71. The van der Waals surface area contributed by atoms with Crippen LogP contribution in [-0.4, -0.2) is 24.1 Å². The van der Waals surface area contributed by atoms with E-state index in [-0.39, 0.29) is 11.7 Å². The highest BCUT2D eigenvalue weighted by atomic mass is 19.1. The Morgan fingerprint density at radius 1 is 1.24 bits per heavy atom. The molecule has 0 bridgehead atoms. The number of benzene rings is 1. The number of aromatic nitrogens is 2. The van der Waals surface area contributed by atoms with Gasteiger partial charge in [0.05, 0.1) is 12.8 Å². The fourth-order valence-electron chi connectivity index (χ4n) is 2.15. The summed E-state index contributed by atoms with van der Waals surface area (Å²) in [6.07, 6.45) is 0. The number of ether oxygens (including phenoxy) is 1. The average Bonchev–Trinajstić information content (AvgIpc) is 2.48. The van der Waals surface area contributed by atoms with Crippen LogP contribution in [0.3, 0.4) is 0 Å². The van der Waals surface area contributed by atoms with Gasteiger partial charge in [0.1, 0.15) is 11.6 Å². The van der Waals surface area contributed by atoms with Crippen molar-refractivity contribution in [3.63, 3.8) is 0 Å². The summed E-state index contributed by atoms with van der Waals surface area (Å²) in [5, 5.41) is 3.04. The van der Waals surface area contributed by atoms with E-state index in [9.17, 15) is 4.39 Å². The lowest BCUT2D eigenvalue weighted by molar-refractivity contribution is 0.387. The molecule has 0 saturated heterocycles. The molecule has 5 heteroatoms. The Kier molecular flexibility index (Phi) is 4.40. The van der Waals surface area contributed by atoms with Crippen molar-refractivity contribution in [2.45, 2.75) is 26.7 Å². The molecule has 0 aliphatic rings. The standard InChI is InChI=1S/C16H20FN3O/c1-9(2)15-19-14(10(3)16(18-4)20-15)11-7-6-8-12(21-5)13(11)17/h6-9H,1-5H3,(H,18,19,20). The molecule has 0 fully saturated rings. The number of methoxy groups -OCH3 is 1. The predicted molar refractivity (Wildman–Crippen MR) is 82.4 cm³/mol. The molecule has 1 heterocycles. The van der Waals surface area contributed by atoms with Crippen LogP contribution in [0, 0.1) is 12.7 Å². The molecular formula is C16H20FN3O. The largest absolute Gasteiger partial charge is 0.494 e. The number of hydrogen-bond acceptors (Lipinski definition) is 4. The van der Waals surface area contributed by atoms with Crippen molar-refractivity contribution < 1.29 is 9.13 Å². The summed E-state index contributed by atoms with van der Waals surface area (Å²) in [7, 11) is 3.25. The zero-order chi connectivity index (χ0) is 15.6. The van der Waals surface area contributed by atoms with E-state index in [1.807, 2.05) is 20.8 Å². The highest BCUT2D eigenvalue weighted by molar-refractivity contribution is 5.70. The molecule has 112 valence electrons. The number of nitrogens with zero attached hydrogens (tertiary/aromatic N) is 2. The van der Waals surface area contributed by atoms with E-state index in [0.717, 1.165) is 5.56 Å². The number of nitrogens with one attached hydrogen (secondary N) is 1. The van der Waals surface area contributed by atoms with Crippen LogP contribution in [0.5, 0.6) is 5.75 Å². The SMILES string of the molecule is CNc1nc(C(C)C)nc(-c2cccc(OC)c2F)c1C. The molecule has 1 aromatic carbocycles. The zero-order valence-corrected chi connectivity index (χ0v) is 13.0. The quantitative estimate of drug-likeness (QED) is 0.931. The first-order valence-corrected chi connectivity index (χ1v) is 6.88. The van der Waals surface area contributed by atoms with Crippen LogP contribution in [0.4, 0.5) is 10.2 Å². The lowest BCUT2D eigenvalue weighted by atomic mass is 10.0. The second-order valence-corrected chi connectivity index (χ2v) is 5.13. The van der Waals surface area contributed by atoms with Gasteiger partial charge in [-0.2, -0.15) is 0 Å². The monoisotopic (exact) mass is 289 g/mol. The molecule has 0 aliphatic carbocycles. The molecule has 0 aliphatic heterocycles. The van der Waals surface area contributed by atoms with Gasteiger partial charge in [0.25, 0.3) is 0 Å². The summed E-state index contributed by atoms with van der Waals surface area (Å²) < 4.78 is 19.5. The maximum absolute atomic E-state index is 14.5. The minimum Gasteiger partial charge on any atom is -0.494 e. The molecule has 0 spiro atoms. The second-order valence-electron chi connectivity index (χ2n) is 5.13. The lowest BCUT2D eigenvalue weighted by Gasteiger charge is -2.15. The molecule has 4 nitrogen and oxygen atoms in total. The molecule has 1 N–H and O–H groups in total. The van der Waals surface area contributed by atoms with E-state index >= 15 is 0 Å². The smallest absolute Gasteiger partial charge is 0.174 e. The van der Waals surface area contributed by atoms with Crippen molar-refractivity contribution in [3.8, 4) is 17.0 Å². The molecule has 0 amide bonds. The normalized spacial score (nSPS) is 10.8. The van der Waals surface area contributed by atoms with Crippen LogP contribution in [0.25, 0.3) is 11.3 Å². The average molecular weight is 289 g/mol. The van der Waals surface area contributed by atoms with E-state index in [1.165, 1.54) is 7.11 Å². The minimum atomic E-state index is -0.404. The second kappa shape index (κ2) is 6.08. The molecule has 21 heavy (non-hydrogen) atoms. The van der Waals surface area contributed by atoms with Crippen LogP contribution in [-0.2, 0) is 0 Å². The van der Waals surface area contributed by atoms with Gasteiger partial charge < -0.3 is 10.1 Å². The minimum absolute atomic E-state index is 0.158. The topological polar surface area (TPSA) is 47.0 Å². The highest BCUT2D eigenvalue weighted by Gasteiger charge is 2.18. The number of hydrogen-bond donors (Lipinski definition) is 1. The number of anilines is 1. The first-order valence-electron chi connectivity index (χ1n) is 6.88. The van der Waals surface area contributed by atoms with Crippen LogP contribution >= 0.6 is 0 Å². The Bertz CT molecular complexity index is 656. The van der Waals surface area contributed by atoms with Crippen LogP contribution in [0.1, 0.15) is 31.2 Å². The highest BCUT2D eigenvalue weighted by Crippen LogP contribution is 2.32. The maximum Gasteiger partial charge on any atom is 0.174 e. The third kappa shape index (κ3) is 2.82. The van der Waals surface area contributed by atoms with Crippen molar-refractivity contribution in [2.75, 3.05) is 19.5 Å². The van der Waals surface area contributed by atoms with Gasteiger partial charge in [-0.25, -0.2) is 14.4 Å². The number of halogens is 1. The van der Waals surface area contributed by atoms with E-state index in [1.54, 1.807) is 25.2 Å². The zero-order valence-electron chi connectivity index (χ0n) is 13.0. The molecule has 1 aromatic heterocycles. The third-order valence-electron chi connectivity index (χ3n) is 3.35. The van der Waals surface area contributed by atoms with Crippen molar-refractivity contribution >= 4 is 5.82 Å². The van der Waals surface area contributed by atoms with E-state index in [4.69, 9.17) is 4.74 Å². The van der Waals surface area contributed by atoms with Crippen molar-refractivity contribution in [2.24, 2.45) is 0 Å². The number of rotatable bonds is 4. The molecule has 0 unspecified atom stereocenters. The van der Waals surface area contributed by atoms with E-state index in [2.05, 4.69) is 15.3 Å². The Morgan fingerprint density at radius 3 is 2.52 bits per heavy atom. The van der Waals surface area contributed by atoms with Crippen LogP contribution in [0.15, 0.2) is 18.2 Å². The summed E-state index contributed by atoms with van der Waals surface area (Å²) in [6.45, 7) is 5.90. The molecular weight excluding hydrogens is 269 g/mol.